The van der Waals surface area contributed by atoms with Crippen molar-refractivity contribution in [3.05, 3.63) is 46.8 Å². The van der Waals surface area contributed by atoms with E-state index in [0.29, 0.717) is 18.2 Å². The predicted molar refractivity (Wildman–Crippen MR) is 86.6 cm³/mol. The summed E-state index contributed by atoms with van der Waals surface area (Å²) >= 11 is 0. The van der Waals surface area contributed by atoms with Gasteiger partial charge in [0.2, 0.25) is 0 Å². The van der Waals surface area contributed by atoms with Crippen molar-refractivity contribution < 1.29 is 13.2 Å². The number of allylic oxidation sites excluding steroid dienone is 2. The van der Waals surface area contributed by atoms with E-state index in [2.05, 4.69) is 38.3 Å². The molecule has 1 aliphatic carbocycles. The Labute approximate surface area is 136 Å². The van der Waals surface area contributed by atoms with Gasteiger partial charge in [0.25, 0.3) is 0 Å². The van der Waals surface area contributed by atoms with Gasteiger partial charge in [-0.15, -0.1) is 0 Å². The highest BCUT2D eigenvalue weighted by Crippen LogP contribution is 2.30. The van der Waals surface area contributed by atoms with Crippen LogP contribution in [0.15, 0.2) is 35.7 Å². The summed E-state index contributed by atoms with van der Waals surface area (Å²) in [6, 6.07) is 5.81. The molecule has 0 aromatic heterocycles. The Morgan fingerprint density at radius 2 is 1.74 bits per heavy atom. The molecule has 0 fully saturated rings. The summed E-state index contributed by atoms with van der Waals surface area (Å²) in [5, 5.41) is 6.79. The first-order chi connectivity index (χ1) is 10.6. The number of rotatable bonds is 5. The van der Waals surface area contributed by atoms with Crippen molar-refractivity contribution in [2.45, 2.75) is 59.3 Å². The summed E-state index contributed by atoms with van der Waals surface area (Å²) in [6.45, 7) is 9.10. The van der Waals surface area contributed by atoms with Crippen molar-refractivity contribution in [3.8, 4) is 0 Å². The summed E-state index contributed by atoms with van der Waals surface area (Å²) in [6.07, 6.45) is -2.36. The average molecular weight is 326 g/mol. The summed E-state index contributed by atoms with van der Waals surface area (Å²) < 4.78 is 38.2. The van der Waals surface area contributed by atoms with Gasteiger partial charge < -0.3 is 10.6 Å². The van der Waals surface area contributed by atoms with E-state index in [-0.39, 0.29) is 5.41 Å². The second-order valence-electron chi connectivity index (χ2n) is 7.24. The third-order valence-corrected chi connectivity index (χ3v) is 4.44. The van der Waals surface area contributed by atoms with Crippen molar-refractivity contribution >= 4 is 0 Å². The van der Waals surface area contributed by atoms with Crippen LogP contribution in [0.25, 0.3) is 0 Å². The second kappa shape index (κ2) is 6.46. The normalized spacial score (nSPS) is 16.8. The number of hydrogen-bond donors (Lipinski definition) is 2. The van der Waals surface area contributed by atoms with Gasteiger partial charge in [0, 0.05) is 24.0 Å². The maximum absolute atomic E-state index is 12.7. The molecule has 1 atom stereocenters. The molecule has 0 amide bonds. The first kappa shape index (κ1) is 17.7. The van der Waals surface area contributed by atoms with Crippen molar-refractivity contribution in [1.29, 1.82) is 0 Å². The summed E-state index contributed by atoms with van der Waals surface area (Å²) in [5.74, 6) is 0. The summed E-state index contributed by atoms with van der Waals surface area (Å²) in [7, 11) is 0. The highest BCUT2D eigenvalue weighted by atomic mass is 19.4. The van der Waals surface area contributed by atoms with E-state index in [9.17, 15) is 13.2 Å². The molecule has 1 unspecified atom stereocenters. The highest BCUT2D eigenvalue weighted by molar-refractivity contribution is 5.27. The molecular weight excluding hydrogens is 301 g/mol. The van der Waals surface area contributed by atoms with Crippen molar-refractivity contribution in [1.82, 2.24) is 10.6 Å². The third kappa shape index (κ3) is 4.66. The molecule has 0 aliphatic heterocycles. The lowest BCUT2D eigenvalue weighted by Crippen LogP contribution is -2.40. The molecule has 5 heteroatoms. The van der Waals surface area contributed by atoms with Gasteiger partial charge in [0.1, 0.15) is 0 Å². The van der Waals surface area contributed by atoms with Crippen LogP contribution in [-0.4, -0.2) is 6.04 Å². The number of alkyl halides is 3. The Morgan fingerprint density at radius 1 is 1.09 bits per heavy atom. The Hall–Kier alpha value is -1.65. The molecule has 0 radical (unpaired) electrons. The number of hydrogen-bond acceptors (Lipinski definition) is 2. The fourth-order valence-corrected chi connectivity index (χ4v) is 2.27. The van der Waals surface area contributed by atoms with Gasteiger partial charge in [-0.3, -0.25) is 0 Å². The minimum Gasteiger partial charge on any atom is -0.384 e. The van der Waals surface area contributed by atoms with E-state index in [1.54, 1.807) is 6.07 Å². The standard InChI is InChI=1S/C18H25F3N2/c1-12(17(2,3)4)23-16-9-8-15(16)22-11-13-6-5-7-14(10-13)18(19,20)21/h5-7,10,12,22-23H,8-9,11H2,1-4H3. The SMILES string of the molecule is CC(NC1=C(NCc2cccc(C(F)(F)F)c2)CC1)C(C)(C)C. The van der Waals surface area contributed by atoms with Gasteiger partial charge in [-0.2, -0.15) is 13.2 Å². The molecule has 23 heavy (non-hydrogen) atoms. The van der Waals surface area contributed by atoms with Gasteiger partial charge in [0.15, 0.2) is 0 Å². The molecule has 128 valence electrons. The van der Waals surface area contributed by atoms with Crippen LogP contribution in [0, 0.1) is 5.41 Å². The van der Waals surface area contributed by atoms with Crippen LogP contribution in [0.2, 0.25) is 0 Å². The van der Waals surface area contributed by atoms with Crippen LogP contribution in [-0.2, 0) is 12.7 Å². The maximum atomic E-state index is 12.7. The molecule has 2 N–H and O–H groups in total. The van der Waals surface area contributed by atoms with Crippen LogP contribution >= 0.6 is 0 Å². The first-order valence-corrected chi connectivity index (χ1v) is 7.96. The van der Waals surface area contributed by atoms with Crippen LogP contribution in [0.5, 0.6) is 0 Å². The lowest BCUT2D eigenvalue weighted by molar-refractivity contribution is -0.137. The first-order valence-electron chi connectivity index (χ1n) is 7.96. The van der Waals surface area contributed by atoms with E-state index in [4.69, 9.17) is 0 Å². The molecule has 1 aromatic carbocycles. The number of benzene rings is 1. The van der Waals surface area contributed by atoms with Gasteiger partial charge in [-0.05, 0) is 42.9 Å². The monoisotopic (exact) mass is 326 g/mol. The van der Waals surface area contributed by atoms with Crippen molar-refractivity contribution in [2.24, 2.45) is 5.41 Å². The molecule has 2 nitrogen and oxygen atoms in total. The molecule has 2 rings (SSSR count). The topological polar surface area (TPSA) is 24.1 Å². The predicted octanol–water partition coefficient (Wildman–Crippen LogP) is 4.82. The summed E-state index contributed by atoms with van der Waals surface area (Å²) in [5.41, 5.74) is 2.49. The molecule has 0 saturated heterocycles. The minimum atomic E-state index is -4.29. The lowest BCUT2D eigenvalue weighted by atomic mass is 9.87. The Balaban J connectivity index is 1.97. The van der Waals surface area contributed by atoms with Crippen LogP contribution in [0.4, 0.5) is 13.2 Å². The van der Waals surface area contributed by atoms with E-state index >= 15 is 0 Å². The van der Waals surface area contributed by atoms with Gasteiger partial charge in [-0.1, -0.05) is 32.9 Å². The van der Waals surface area contributed by atoms with E-state index in [1.807, 2.05) is 0 Å². The molecule has 1 aromatic rings. The zero-order valence-corrected chi connectivity index (χ0v) is 14.1. The number of nitrogens with one attached hydrogen (secondary N) is 2. The average Bonchev–Trinajstić information content (AvgIpc) is 2.42. The van der Waals surface area contributed by atoms with E-state index in [0.717, 1.165) is 24.6 Å². The largest absolute Gasteiger partial charge is 0.416 e. The molecule has 0 bridgehead atoms. The number of halogens is 3. The highest BCUT2D eigenvalue weighted by Gasteiger charge is 2.30. The fraction of sp³-hybridized carbons (Fsp3) is 0.556. The third-order valence-electron chi connectivity index (χ3n) is 4.44. The van der Waals surface area contributed by atoms with E-state index < -0.39 is 11.7 Å². The van der Waals surface area contributed by atoms with Crippen molar-refractivity contribution in [3.63, 3.8) is 0 Å². The Bertz CT molecular complexity index is 583. The van der Waals surface area contributed by atoms with Gasteiger partial charge in [-0.25, -0.2) is 0 Å². The second-order valence-corrected chi connectivity index (χ2v) is 7.24. The molecule has 0 saturated carbocycles. The zero-order chi connectivity index (χ0) is 17.3. The van der Waals surface area contributed by atoms with E-state index in [1.165, 1.54) is 17.8 Å². The quantitative estimate of drug-likeness (QED) is 0.810. The van der Waals surface area contributed by atoms with Crippen LogP contribution in [0.3, 0.4) is 0 Å². The molecule has 0 heterocycles. The Morgan fingerprint density at radius 3 is 2.26 bits per heavy atom. The van der Waals surface area contributed by atoms with Crippen LogP contribution in [0.1, 0.15) is 51.7 Å². The summed E-state index contributed by atoms with van der Waals surface area (Å²) in [4.78, 5) is 0. The molecule has 0 spiro atoms. The molecular formula is C18H25F3N2. The zero-order valence-electron chi connectivity index (χ0n) is 14.1. The fourth-order valence-electron chi connectivity index (χ4n) is 2.27. The maximum Gasteiger partial charge on any atom is 0.416 e. The lowest BCUT2D eigenvalue weighted by Gasteiger charge is -2.34. The van der Waals surface area contributed by atoms with Gasteiger partial charge in [0.05, 0.1) is 5.56 Å². The van der Waals surface area contributed by atoms with Crippen molar-refractivity contribution in [2.75, 3.05) is 0 Å². The smallest absolute Gasteiger partial charge is 0.384 e. The molecule has 1 aliphatic rings. The minimum absolute atomic E-state index is 0.161. The Kier molecular flexibility index (Phi) is 4.97. The van der Waals surface area contributed by atoms with Gasteiger partial charge >= 0.3 is 6.18 Å². The van der Waals surface area contributed by atoms with Crippen LogP contribution < -0.4 is 10.6 Å².